The predicted molar refractivity (Wildman–Crippen MR) is 131 cm³/mol. The summed E-state index contributed by atoms with van der Waals surface area (Å²) in [5, 5.41) is 10.7. The highest BCUT2D eigenvalue weighted by atomic mass is 16.6. The van der Waals surface area contributed by atoms with Gasteiger partial charge in [0.05, 0.1) is 43.5 Å². The highest BCUT2D eigenvalue weighted by molar-refractivity contribution is 5.99. The Hall–Kier alpha value is -3.33. The lowest BCUT2D eigenvalue weighted by atomic mass is 9.98. The van der Waals surface area contributed by atoms with E-state index in [2.05, 4.69) is 4.98 Å². The van der Waals surface area contributed by atoms with Crippen LogP contribution in [-0.2, 0) is 9.53 Å². The summed E-state index contributed by atoms with van der Waals surface area (Å²) >= 11 is 0. The fraction of sp³-hybridized carbons (Fsp3) is 0.500. The number of ether oxygens (including phenoxy) is 2. The van der Waals surface area contributed by atoms with Gasteiger partial charge < -0.3 is 28.9 Å². The van der Waals surface area contributed by atoms with Crippen molar-refractivity contribution in [3.8, 4) is 11.4 Å². The van der Waals surface area contributed by atoms with Crippen molar-refractivity contribution >= 4 is 18.1 Å². The van der Waals surface area contributed by atoms with Crippen molar-refractivity contribution in [1.29, 1.82) is 0 Å². The average molecular weight is 483 g/mol. The van der Waals surface area contributed by atoms with E-state index in [1.54, 1.807) is 39.1 Å². The minimum atomic E-state index is -0.816. The van der Waals surface area contributed by atoms with E-state index < -0.39 is 23.8 Å². The first-order valence-electron chi connectivity index (χ1n) is 11.9. The zero-order chi connectivity index (χ0) is 25.3. The van der Waals surface area contributed by atoms with Crippen LogP contribution in [0.3, 0.4) is 0 Å². The van der Waals surface area contributed by atoms with E-state index in [1.165, 1.54) is 4.90 Å². The van der Waals surface area contributed by atoms with Crippen molar-refractivity contribution < 1.29 is 24.2 Å². The summed E-state index contributed by atoms with van der Waals surface area (Å²) in [7, 11) is 1.62. The lowest BCUT2D eigenvalue weighted by Crippen LogP contribution is -2.49. The van der Waals surface area contributed by atoms with Gasteiger partial charge in [-0.3, -0.25) is 4.79 Å². The van der Waals surface area contributed by atoms with Gasteiger partial charge in [-0.15, -0.1) is 0 Å². The molecule has 2 aliphatic rings. The largest absolute Gasteiger partial charge is 0.495 e. The van der Waals surface area contributed by atoms with E-state index in [1.807, 2.05) is 42.0 Å². The maximum atomic E-state index is 13.4. The predicted octanol–water partition coefficient (Wildman–Crippen LogP) is 3.18. The number of carbonyl (C=O) groups excluding carboxylic acids is 2. The number of aliphatic hydroxyl groups is 1. The van der Waals surface area contributed by atoms with Crippen molar-refractivity contribution in [1.82, 2.24) is 19.4 Å². The zero-order valence-electron chi connectivity index (χ0n) is 21.0. The summed E-state index contributed by atoms with van der Waals surface area (Å²) in [6.45, 7) is 8.28. The maximum absolute atomic E-state index is 13.4. The molecule has 0 spiro atoms. The van der Waals surface area contributed by atoms with E-state index in [0.29, 0.717) is 24.3 Å². The van der Waals surface area contributed by atoms with Crippen LogP contribution in [0.2, 0.25) is 0 Å². The number of hydrogen-bond acceptors (Lipinski definition) is 6. The van der Waals surface area contributed by atoms with Crippen LogP contribution in [0.4, 0.5) is 4.79 Å². The Morgan fingerprint density at radius 2 is 2.03 bits per heavy atom. The monoisotopic (exact) mass is 482 g/mol. The van der Waals surface area contributed by atoms with Gasteiger partial charge in [0.15, 0.2) is 0 Å². The number of aromatic nitrogens is 2. The first kappa shape index (κ1) is 24.8. The van der Waals surface area contributed by atoms with Crippen LogP contribution in [0.25, 0.3) is 11.8 Å². The van der Waals surface area contributed by atoms with Gasteiger partial charge in [-0.2, -0.15) is 0 Å². The number of nitrogens with zero attached hydrogens (tertiary/aromatic N) is 4. The number of benzene rings is 1. The molecule has 0 radical (unpaired) electrons. The highest BCUT2D eigenvalue weighted by Gasteiger charge is 2.42. The lowest BCUT2D eigenvalue weighted by Gasteiger charge is -2.35. The molecule has 2 aliphatic heterocycles. The number of aliphatic hydroxyl groups excluding tert-OH is 1. The Kier molecular flexibility index (Phi) is 6.89. The van der Waals surface area contributed by atoms with Crippen molar-refractivity contribution in [2.45, 2.75) is 58.3 Å². The SMILES string of the molecule is COc1cc(C=C2CCCN(C3CN(C(=O)OC(C)(C)C)CC3O)C2=O)ccc1-n1cnc(C)c1. The molecule has 35 heavy (non-hydrogen) atoms. The molecule has 0 saturated carbocycles. The number of rotatable bonds is 4. The lowest BCUT2D eigenvalue weighted by molar-refractivity contribution is -0.132. The van der Waals surface area contributed by atoms with E-state index >= 15 is 0 Å². The second kappa shape index (κ2) is 9.73. The zero-order valence-corrected chi connectivity index (χ0v) is 21.0. The molecule has 2 fully saturated rings. The standard InChI is InChI=1S/C26H34N4O5/c1-17-13-29(16-27-17)20-9-8-18(12-23(20)34-5)11-19-7-6-10-30(24(19)32)21-14-28(15-22(21)31)25(33)35-26(2,3)4/h8-9,11-13,16,21-22,31H,6-7,10,14-15H2,1-5H3. The van der Waals surface area contributed by atoms with E-state index in [-0.39, 0.29) is 19.0 Å². The van der Waals surface area contributed by atoms with Crippen molar-refractivity contribution in [2.24, 2.45) is 0 Å². The molecule has 1 aromatic carbocycles. The molecule has 2 atom stereocenters. The number of likely N-dealkylation sites (tertiary alicyclic amines) is 2. The number of aryl methyl sites for hydroxylation is 1. The molecule has 1 aromatic heterocycles. The van der Waals surface area contributed by atoms with Crippen LogP contribution in [0.1, 0.15) is 44.9 Å². The van der Waals surface area contributed by atoms with Gasteiger partial charge in [0, 0.05) is 24.9 Å². The first-order valence-corrected chi connectivity index (χ1v) is 11.9. The van der Waals surface area contributed by atoms with Gasteiger partial charge in [-0.05, 0) is 64.3 Å². The molecule has 188 valence electrons. The molecule has 2 saturated heterocycles. The molecule has 9 heteroatoms. The number of imidazole rings is 1. The maximum Gasteiger partial charge on any atom is 0.410 e. The van der Waals surface area contributed by atoms with Crippen molar-refractivity contribution in [2.75, 3.05) is 26.7 Å². The molecule has 4 rings (SSSR count). The fourth-order valence-corrected chi connectivity index (χ4v) is 4.59. The summed E-state index contributed by atoms with van der Waals surface area (Å²) in [4.78, 5) is 33.3. The van der Waals surface area contributed by atoms with Crippen LogP contribution >= 0.6 is 0 Å². The Bertz CT molecular complexity index is 1130. The molecule has 2 unspecified atom stereocenters. The second-order valence-electron chi connectivity index (χ2n) is 10.1. The summed E-state index contributed by atoms with van der Waals surface area (Å²) in [5.41, 5.74) is 2.68. The topological polar surface area (TPSA) is 97.1 Å². The van der Waals surface area contributed by atoms with Crippen molar-refractivity contribution in [3.63, 3.8) is 0 Å². The molecular weight excluding hydrogens is 448 g/mol. The number of methoxy groups -OCH3 is 1. The van der Waals surface area contributed by atoms with E-state index in [4.69, 9.17) is 9.47 Å². The van der Waals surface area contributed by atoms with Gasteiger partial charge in [0.1, 0.15) is 11.4 Å². The summed E-state index contributed by atoms with van der Waals surface area (Å²) in [6, 6.07) is 5.33. The Labute approximate surface area is 205 Å². The summed E-state index contributed by atoms with van der Waals surface area (Å²) < 4.78 is 12.9. The molecule has 1 N–H and O–H groups in total. The second-order valence-corrected chi connectivity index (χ2v) is 10.1. The molecule has 0 aliphatic carbocycles. The molecular formula is C26H34N4O5. The smallest absolute Gasteiger partial charge is 0.410 e. The quantitative estimate of drug-likeness (QED) is 0.673. The Balaban J connectivity index is 1.51. The molecule has 0 bridgehead atoms. The first-order chi connectivity index (χ1) is 16.6. The third kappa shape index (κ3) is 5.51. The molecule has 3 heterocycles. The molecule has 2 aromatic rings. The normalized spacial score (nSPS) is 22.1. The van der Waals surface area contributed by atoms with Gasteiger partial charge >= 0.3 is 6.09 Å². The number of β-amino-alcohol motifs (C(OH)–C–C–N with tert-alkyl or cyclic N) is 1. The Morgan fingerprint density at radius 3 is 2.69 bits per heavy atom. The van der Waals surface area contributed by atoms with E-state index in [0.717, 1.165) is 23.4 Å². The number of piperidine rings is 1. The van der Waals surface area contributed by atoms with Gasteiger partial charge in [-0.25, -0.2) is 9.78 Å². The van der Waals surface area contributed by atoms with Gasteiger partial charge in [0.2, 0.25) is 5.91 Å². The number of amides is 2. The van der Waals surface area contributed by atoms with Crippen LogP contribution < -0.4 is 4.74 Å². The third-order valence-electron chi connectivity index (χ3n) is 6.23. The van der Waals surface area contributed by atoms with Crippen LogP contribution in [-0.4, -0.2) is 80.9 Å². The average Bonchev–Trinajstić information content (AvgIpc) is 3.39. The summed E-state index contributed by atoms with van der Waals surface area (Å²) in [5.74, 6) is 0.565. The van der Waals surface area contributed by atoms with Crippen molar-refractivity contribution in [3.05, 3.63) is 47.6 Å². The summed E-state index contributed by atoms with van der Waals surface area (Å²) in [6.07, 6.45) is 5.69. The highest BCUT2D eigenvalue weighted by Crippen LogP contribution is 2.29. The van der Waals surface area contributed by atoms with Crippen LogP contribution in [0.5, 0.6) is 5.75 Å². The molecule has 2 amide bonds. The number of hydrogen-bond donors (Lipinski definition) is 1. The minimum absolute atomic E-state index is 0.111. The fourth-order valence-electron chi connectivity index (χ4n) is 4.59. The number of carbonyl (C=O) groups is 2. The van der Waals surface area contributed by atoms with Crippen LogP contribution in [0.15, 0.2) is 36.3 Å². The van der Waals surface area contributed by atoms with Gasteiger partial charge in [0.25, 0.3) is 0 Å². The third-order valence-corrected chi connectivity index (χ3v) is 6.23. The van der Waals surface area contributed by atoms with Gasteiger partial charge in [-0.1, -0.05) is 6.07 Å². The Morgan fingerprint density at radius 1 is 1.26 bits per heavy atom. The molecule has 9 nitrogen and oxygen atoms in total. The van der Waals surface area contributed by atoms with Crippen LogP contribution in [0, 0.1) is 6.92 Å². The minimum Gasteiger partial charge on any atom is -0.495 e. The van der Waals surface area contributed by atoms with E-state index in [9.17, 15) is 14.7 Å².